The third kappa shape index (κ3) is 19.1. The minimum atomic E-state index is 0.750. The van der Waals surface area contributed by atoms with E-state index in [4.69, 9.17) is 10.5 Å². The fourth-order valence-electron chi connectivity index (χ4n) is 1.71. The van der Waals surface area contributed by atoms with Gasteiger partial charge in [0.1, 0.15) is 6.29 Å². The second-order valence-corrected chi connectivity index (χ2v) is 6.62. The van der Waals surface area contributed by atoms with Crippen molar-refractivity contribution in [2.75, 3.05) is 18.6 Å². The minimum absolute atomic E-state index is 0.750. The summed E-state index contributed by atoms with van der Waals surface area (Å²) >= 11 is 0. The fraction of sp³-hybridized carbons (Fsp3) is 0.650. The number of rotatable bonds is 4. The predicted octanol–water partition coefficient (Wildman–Crippen LogP) is 6.16. The molecule has 0 spiro atoms. The van der Waals surface area contributed by atoms with Crippen molar-refractivity contribution >= 4 is 20.6 Å². The van der Waals surface area contributed by atoms with Crippen LogP contribution in [0.3, 0.4) is 0 Å². The van der Waals surface area contributed by atoms with Gasteiger partial charge in [-0.05, 0) is 57.6 Å². The summed E-state index contributed by atoms with van der Waals surface area (Å²) in [5.74, 6) is 0. The molecule has 0 aliphatic rings. The van der Waals surface area contributed by atoms with Crippen LogP contribution in [0.5, 0.6) is 0 Å². The van der Waals surface area contributed by atoms with Gasteiger partial charge in [0.15, 0.2) is 0 Å². The molecule has 2 nitrogen and oxygen atoms in total. The van der Waals surface area contributed by atoms with Gasteiger partial charge in [-0.1, -0.05) is 58.2 Å². The molecule has 1 aromatic carbocycles. The number of nitrogens with two attached hydrogens (primary N) is 1. The van der Waals surface area contributed by atoms with E-state index in [9.17, 15) is 0 Å². The van der Waals surface area contributed by atoms with Gasteiger partial charge in [0.2, 0.25) is 0 Å². The lowest BCUT2D eigenvalue weighted by atomic mass is 10.0. The molecule has 0 bridgehead atoms. The number of nitrogen functional groups attached to an aromatic ring is 1. The molecule has 1 aromatic rings. The Morgan fingerprint density at radius 2 is 1.61 bits per heavy atom. The standard InChI is InChI=1S/C10H15N.C5H13P.C3H8.C2H4O/c1-4-9-6-7(2)5-8(3)10(9)11;1-3-4-5-6-2;1-3-2;1-2-3/h5-6H,4,11H2,1-3H3;6H,3-5H2,1-2H3;3H2,1-2H3;2H,1H3. The Bertz CT molecular complexity index is 374. The van der Waals surface area contributed by atoms with E-state index >= 15 is 0 Å². The van der Waals surface area contributed by atoms with Crippen molar-refractivity contribution in [3.8, 4) is 0 Å². The molecule has 3 heteroatoms. The number of hydrogen-bond donors (Lipinski definition) is 1. The summed E-state index contributed by atoms with van der Waals surface area (Å²) in [4.78, 5) is 8.81. The van der Waals surface area contributed by atoms with E-state index in [1.54, 1.807) is 0 Å². The van der Waals surface area contributed by atoms with Crippen molar-refractivity contribution in [1.82, 2.24) is 0 Å². The molecule has 0 fully saturated rings. The van der Waals surface area contributed by atoms with Crippen molar-refractivity contribution in [2.45, 2.75) is 74.1 Å². The highest BCUT2D eigenvalue weighted by atomic mass is 31.1. The maximum atomic E-state index is 8.81. The van der Waals surface area contributed by atoms with Crippen LogP contribution in [0.15, 0.2) is 12.1 Å². The molecular formula is C20H40NOP. The Kier molecular flexibility index (Phi) is 24.8. The first-order chi connectivity index (χ1) is 10.9. The number of anilines is 1. The first kappa shape index (κ1) is 27.0. The van der Waals surface area contributed by atoms with Gasteiger partial charge in [0.25, 0.3) is 0 Å². The maximum Gasteiger partial charge on any atom is 0.116 e. The first-order valence-corrected chi connectivity index (χ1v) is 10.5. The topological polar surface area (TPSA) is 43.1 Å². The Morgan fingerprint density at radius 3 is 1.91 bits per heavy atom. The van der Waals surface area contributed by atoms with Gasteiger partial charge in [0.05, 0.1) is 0 Å². The Balaban J connectivity index is -0.000000282. The van der Waals surface area contributed by atoms with Gasteiger partial charge < -0.3 is 10.5 Å². The molecule has 1 atom stereocenters. The van der Waals surface area contributed by atoms with E-state index in [2.05, 4.69) is 60.3 Å². The van der Waals surface area contributed by atoms with Gasteiger partial charge in [0, 0.05) is 5.69 Å². The van der Waals surface area contributed by atoms with E-state index in [1.807, 2.05) is 0 Å². The number of aldehydes is 1. The number of hydrogen-bond acceptors (Lipinski definition) is 2. The fourth-order valence-corrected chi connectivity index (χ4v) is 2.42. The van der Waals surface area contributed by atoms with E-state index in [0.29, 0.717) is 0 Å². The summed E-state index contributed by atoms with van der Waals surface area (Å²) in [5, 5.41) is 0. The van der Waals surface area contributed by atoms with Crippen LogP contribution < -0.4 is 5.73 Å². The zero-order valence-electron chi connectivity index (χ0n) is 16.8. The van der Waals surface area contributed by atoms with E-state index in [1.165, 1.54) is 49.0 Å². The smallest absolute Gasteiger partial charge is 0.116 e. The molecule has 23 heavy (non-hydrogen) atoms. The van der Waals surface area contributed by atoms with E-state index < -0.39 is 0 Å². The Hall–Kier alpha value is -0.880. The SMILES string of the molecule is CC=O.CCC.CCCCPC.CCc1cc(C)cc(C)c1N. The molecule has 0 aliphatic carbocycles. The monoisotopic (exact) mass is 341 g/mol. The second-order valence-electron chi connectivity index (χ2n) is 5.41. The van der Waals surface area contributed by atoms with Crippen LogP contribution in [0.2, 0.25) is 0 Å². The summed E-state index contributed by atoms with van der Waals surface area (Å²) in [5.41, 5.74) is 10.6. The normalized spacial score (nSPS) is 9.04. The van der Waals surface area contributed by atoms with Gasteiger partial charge in [-0.2, -0.15) is 0 Å². The Morgan fingerprint density at radius 1 is 1.13 bits per heavy atom. The van der Waals surface area contributed by atoms with Crippen molar-refractivity contribution in [3.05, 3.63) is 28.8 Å². The van der Waals surface area contributed by atoms with Crippen LogP contribution in [0.25, 0.3) is 0 Å². The predicted molar refractivity (Wildman–Crippen MR) is 111 cm³/mol. The lowest BCUT2D eigenvalue weighted by Gasteiger charge is -2.07. The van der Waals surface area contributed by atoms with Crippen LogP contribution in [0, 0.1) is 13.8 Å². The van der Waals surface area contributed by atoms with Gasteiger partial charge >= 0.3 is 0 Å². The molecule has 0 aliphatic heterocycles. The number of carbonyl (C=O) groups is 1. The van der Waals surface area contributed by atoms with E-state index in [0.717, 1.165) is 27.0 Å². The van der Waals surface area contributed by atoms with Crippen molar-refractivity contribution in [1.29, 1.82) is 0 Å². The molecule has 2 N–H and O–H groups in total. The number of aryl methyl sites for hydroxylation is 3. The summed E-state index contributed by atoms with van der Waals surface area (Å²) in [7, 11) is 1.16. The largest absolute Gasteiger partial charge is 0.398 e. The molecule has 1 rings (SSSR count). The lowest BCUT2D eigenvalue weighted by molar-refractivity contribution is -0.106. The van der Waals surface area contributed by atoms with Crippen molar-refractivity contribution in [2.24, 2.45) is 0 Å². The Labute approximate surface area is 147 Å². The number of benzene rings is 1. The average molecular weight is 342 g/mol. The van der Waals surface area contributed by atoms with Crippen LogP contribution in [0.4, 0.5) is 5.69 Å². The van der Waals surface area contributed by atoms with Crippen LogP contribution >= 0.6 is 8.58 Å². The maximum absolute atomic E-state index is 8.81. The zero-order valence-corrected chi connectivity index (χ0v) is 17.8. The second kappa shape index (κ2) is 21.1. The minimum Gasteiger partial charge on any atom is -0.398 e. The van der Waals surface area contributed by atoms with Gasteiger partial charge in [-0.3, -0.25) is 0 Å². The average Bonchev–Trinajstić information content (AvgIpc) is 2.51. The van der Waals surface area contributed by atoms with Crippen molar-refractivity contribution < 1.29 is 4.79 Å². The van der Waals surface area contributed by atoms with Gasteiger partial charge in [-0.25, -0.2) is 0 Å². The van der Waals surface area contributed by atoms with Crippen LogP contribution in [-0.4, -0.2) is 19.1 Å². The molecule has 0 aromatic heterocycles. The molecule has 0 saturated carbocycles. The lowest BCUT2D eigenvalue weighted by Crippen LogP contribution is -1.96. The third-order valence-corrected chi connectivity index (χ3v) is 3.63. The zero-order chi connectivity index (χ0) is 18.7. The third-order valence-electron chi connectivity index (χ3n) is 2.78. The number of carbonyl (C=O) groups excluding carboxylic acids is 1. The highest BCUT2D eigenvalue weighted by Gasteiger charge is 2.00. The van der Waals surface area contributed by atoms with Crippen LogP contribution in [-0.2, 0) is 11.2 Å². The van der Waals surface area contributed by atoms with Crippen molar-refractivity contribution in [3.63, 3.8) is 0 Å². The summed E-state index contributed by atoms with van der Waals surface area (Å²) < 4.78 is 0. The quantitative estimate of drug-likeness (QED) is 0.308. The summed E-state index contributed by atoms with van der Waals surface area (Å²) in [6.07, 6.45) is 7.25. The summed E-state index contributed by atoms with van der Waals surface area (Å²) in [6.45, 7) is 16.5. The molecule has 136 valence electrons. The first-order valence-electron chi connectivity index (χ1n) is 8.79. The van der Waals surface area contributed by atoms with E-state index in [-0.39, 0.29) is 0 Å². The van der Waals surface area contributed by atoms with Gasteiger partial charge in [-0.15, -0.1) is 8.58 Å². The molecule has 0 saturated heterocycles. The molecule has 0 radical (unpaired) electrons. The molecule has 0 amide bonds. The summed E-state index contributed by atoms with van der Waals surface area (Å²) in [6, 6.07) is 4.27. The number of unbranched alkanes of at least 4 members (excludes halogenated alkanes) is 1. The molecular weight excluding hydrogens is 301 g/mol. The molecule has 1 unspecified atom stereocenters. The van der Waals surface area contributed by atoms with Crippen LogP contribution in [0.1, 0.15) is 70.6 Å². The molecule has 0 heterocycles. The highest BCUT2D eigenvalue weighted by molar-refractivity contribution is 7.36. The highest BCUT2D eigenvalue weighted by Crippen LogP contribution is 2.19.